The summed E-state index contributed by atoms with van der Waals surface area (Å²) in [7, 11) is -2.73. The number of fused-ring (bicyclic) bond motifs is 3. The van der Waals surface area contributed by atoms with Gasteiger partial charge in [0.1, 0.15) is 17.1 Å². The van der Waals surface area contributed by atoms with Crippen molar-refractivity contribution in [3.63, 3.8) is 0 Å². The molecule has 3 aliphatic rings. The number of nitrogens with zero attached hydrogens (tertiary/aromatic N) is 1. The summed E-state index contributed by atoms with van der Waals surface area (Å²) in [6.07, 6.45) is 2.30. The number of amides is 1. The Morgan fingerprint density at radius 1 is 1.24 bits per heavy atom. The molecule has 1 amide bonds. The van der Waals surface area contributed by atoms with Crippen LogP contribution in [0.2, 0.25) is 18.1 Å². The molecule has 8 nitrogen and oxygen atoms in total. The Kier molecular flexibility index (Phi) is 5.21. The summed E-state index contributed by atoms with van der Waals surface area (Å²) in [6.45, 7) is 9.83. The van der Waals surface area contributed by atoms with E-state index >= 15 is 0 Å². The highest BCUT2D eigenvalue weighted by molar-refractivity contribution is 6.74. The maximum atomic E-state index is 13.8. The topological polar surface area (TPSA) is 140 Å². The summed E-state index contributed by atoms with van der Waals surface area (Å²) in [5.41, 5.74) is 4.09. The van der Waals surface area contributed by atoms with Gasteiger partial charge in [0.15, 0.2) is 19.7 Å². The van der Waals surface area contributed by atoms with Crippen molar-refractivity contribution in [3.8, 4) is 0 Å². The van der Waals surface area contributed by atoms with Crippen LogP contribution in [0.5, 0.6) is 0 Å². The molecule has 1 heterocycles. The lowest BCUT2D eigenvalue weighted by Gasteiger charge is -2.52. The van der Waals surface area contributed by atoms with Crippen LogP contribution in [0.4, 0.5) is 0 Å². The van der Waals surface area contributed by atoms with E-state index in [-0.39, 0.29) is 23.0 Å². The molecule has 3 atom stereocenters. The zero-order valence-corrected chi connectivity index (χ0v) is 20.6. The number of hydrogen-bond acceptors (Lipinski definition) is 7. The first kappa shape index (κ1) is 23.4. The van der Waals surface area contributed by atoms with Crippen molar-refractivity contribution in [2.24, 2.45) is 17.6 Å². The molecule has 0 spiro atoms. The number of Topliss-reactive ketones (excluding diaryl/α,β-unsaturated/α-hetero) is 2. The molecule has 0 aromatic carbocycles. The highest BCUT2D eigenvalue weighted by atomic mass is 28.4. The molecule has 1 aromatic rings. The maximum absolute atomic E-state index is 13.8. The number of primary amides is 1. The number of aliphatic hydroxyl groups is 2. The molecular formula is C24H30N2O6Si. The van der Waals surface area contributed by atoms with E-state index in [1.807, 2.05) is 33.9 Å². The molecule has 1 unspecified atom stereocenters. The van der Waals surface area contributed by atoms with Gasteiger partial charge in [-0.3, -0.25) is 19.4 Å². The van der Waals surface area contributed by atoms with Crippen molar-refractivity contribution in [2.45, 2.75) is 63.8 Å². The Hall–Kier alpha value is -2.78. The van der Waals surface area contributed by atoms with Gasteiger partial charge in [0, 0.05) is 29.7 Å². The minimum Gasteiger partial charge on any atom is -0.511 e. The second kappa shape index (κ2) is 7.36. The minimum atomic E-state index is -2.73. The highest BCUT2D eigenvalue weighted by Crippen LogP contribution is 2.54. The highest BCUT2D eigenvalue weighted by Gasteiger charge is 2.63. The third-order valence-corrected chi connectivity index (χ3v) is 12.2. The van der Waals surface area contributed by atoms with E-state index in [4.69, 9.17) is 10.2 Å². The zero-order chi connectivity index (χ0) is 24.5. The summed E-state index contributed by atoms with van der Waals surface area (Å²) in [6, 6.07) is 3.30. The molecule has 3 aliphatic carbocycles. The summed E-state index contributed by atoms with van der Waals surface area (Å²) in [4.78, 5) is 43.8. The van der Waals surface area contributed by atoms with Gasteiger partial charge >= 0.3 is 0 Å². The van der Waals surface area contributed by atoms with Gasteiger partial charge < -0.3 is 20.4 Å². The van der Waals surface area contributed by atoms with Gasteiger partial charge in [0.25, 0.3) is 5.91 Å². The molecule has 9 heteroatoms. The minimum absolute atomic E-state index is 0.0598. The van der Waals surface area contributed by atoms with E-state index < -0.39 is 54.4 Å². The van der Waals surface area contributed by atoms with Crippen molar-refractivity contribution in [3.05, 3.63) is 52.3 Å². The van der Waals surface area contributed by atoms with Crippen LogP contribution in [-0.2, 0) is 20.4 Å². The summed E-state index contributed by atoms with van der Waals surface area (Å²) in [5, 5.41) is 21.9. The molecule has 0 bridgehead atoms. The lowest BCUT2D eigenvalue weighted by molar-refractivity contribution is -0.142. The molecule has 0 saturated heterocycles. The number of pyridine rings is 1. The SMILES string of the molecule is CC(C)(C)[Si](C)(C)OC12C(=O)C(C(N)=O)=C(O)C[C@@H]1C[C@@H]1Cc3ncccc3C(=O)C1=C2O. The Morgan fingerprint density at radius 3 is 2.52 bits per heavy atom. The number of allylic oxidation sites excluding steroid dienone is 2. The summed E-state index contributed by atoms with van der Waals surface area (Å²) in [5.74, 6) is -4.24. The Bertz CT molecular complexity index is 1150. The Labute approximate surface area is 193 Å². The van der Waals surface area contributed by atoms with Crippen molar-refractivity contribution < 1.29 is 29.0 Å². The standard InChI is InChI=1S/C24H30N2O6Si/c1-23(2,3)33(4,5)32-24-13(11-16(27)18(21(24)30)22(25)31)9-12-10-15-14(7-6-8-26-15)19(28)17(12)20(24)29/h6-8,12-13,27,29H,9-11H2,1-5H3,(H2,25,31)/t12-,13+,24?/m1/s1. The first-order chi connectivity index (χ1) is 15.2. The van der Waals surface area contributed by atoms with Crippen LogP contribution < -0.4 is 5.73 Å². The zero-order valence-electron chi connectivity index (χ0n) is 19.6. The van der Waals surface area contributed by atoms with Crippen molar-refractivity contribution >= 4 is 25.8 Å². The molecule has 0 aliphatic heterocycles. The number of ketones is 2. The van der Waals surface area contributed by atoms with Gasteiger partial charge in [-0.2, -0.15) is 0 Å². The number of rotatable bonds is 3. The number of aliphatic hydroxyl groups excluding tert-OH is 2. The Balaban J connectivity index is 1.98. The average molecular weight is 471 g/mol. The van der Waals surface area contributed by atoms with Crippen LogP contribution in [0.15, 0.2) is 41.0 Å². The predicted molar refractivity (Wildman–Crippen MR) is 123 cm³/mol. The van der Waals surface area contributed by atoms with Crippen LogP contribution in [0.25, 0.3) is 0 Å². The van der Waals surface area contributed by atoms with E-state index in [0.29, 0.717) is 24.1 Å². The van der Waals surface area contributed by atoms with Gasteiger partial charge in [0.05, 0.1) is 5.69 Å². The molecule has 33 heavy (non-hydrogen) atoms. The van der Waals surface area contributed by atoms with Gasteiger partial charge in [-0.05, 0) is 49.0 Å². The summed E-state index contributed by atoms with van der Waals surface area (Å²) >= 11 is 0. The van der Waals surface area contributed by atoms with Gasteiger partial charge in [0.2, 0.25) is 5.78 Å². The quantitative estimate of drug-likeness (QED) is 0.455. The predicted octanol–water partition coefficient (Wildman–Crippen LogP) is 3.30. The Morgan fingerprint density at radius 2 is 1.91 bits per heavy atom. The summed E-state index contributed by atoms with van der Waals surface area (Å²) < 4.78 is 6.63. The second-order valence-corrected chi connectivity index (χ2v) is 15.5. The third-order valence-electron chi connectivity index (χ3n) is 7.74. The molecule has 0 fully saturated rings. The molecule has 0 saturated carbocycles. The monoisotopic (exact) mass is 470 g/mol. The van der Waals surface area contributed by atoms with Crippen LogP contribution in [0.3, 0.4) is 0 Å². The fourth-order valence-electron chi connectivity index (χ4n) is 5.04. The number of carbonyl (C=O) groups excluding carboxylic acids is 3. The van der Waals surface area contributed by atoms with E-state index in [0.717, 1.165) is 0 Å². The molecule has 0 radical (unpaired) electrons. The number of carbonyl (C=O) groups is 3. The van der Waals surface area contributed by atoms with Crippen LogP contribution in [0, 0.1) is 11.8 Å². The molecular weight excluding hydrogens is 440 g/mol. The van der Waals surface area contributed by atoms with Crippen molar-refractivity contribution in [2.75, 3.05) is 0 Å². The smallest absolute Gasteiger partial charge is 0.255 e. The van der Waals surface area contributed by atoms with E-state index in [2.05, 4.69) is 4.98 Å². The average Bonchev–Trinajstić information content (AvgIpc) is 2.69. The first-order valence-electron chi connectivity index (χ1n) is 11.1. The van der Waals surface area contributed by atoms with E-state index in [9.17, 15) is 24.6 Å². The molecule has 176 valence electrons. The van der Waals surface area contributed by atoms with Gasteiger partial charge in [-0.15, -0.1) is 0 Å². The third kappa shape index (κ3) is 3.28. The van der Waals surface area contributed by atoms with Gasteiger partial charge in [-0.1, -0.05) is 20.8 Å². The second-order valence-electron chi connectivity index (χ2n) is 10.7. The lowest BCUT2D eigenvalue weighted by atomic mass is 9.60. The number of nitrogens with two attached hydrogens (primary N) is 1. The van der Waals surface area contributed by atoms with E-state index in [1.165, 1.54) is 0 Å². The van der Waals surface area contributed by atoms with Crippen LogP contribution >= 0.6 is 0 Å². The largest absolute Gasteiger partial charge is 0.511 e. The van der Waals surface area contributed by atoms with Crippen LogP contribution in [0.1, 0.15) is 49.7 Å². The molecule has 1 aromatic heterocycles. The van der Waals surface area contributed by atoms with E-state index in [1.54, 1.807) is 18.3 Å². The van der Waals surface area contributed by atoms with Crippen LogP contribution in [-0.4, -0.2) is 46.6 Å². The first-order valence-corrected chi connectivity index (χ1v) is 14.0. The maximum Gasteiger partial charge on any atom is 0.255 e. The normalized spacial score (nSPS) is 27.8. The molecule has 4 N–H and O–H groups in total. The molecule has 4 rings (SSSR count). The van der Waals surface area contributed by atoms with Crippen molar-refractivity contribution in [1.82, 2.24) is 4.98 Å². The number of hydrogen-bond donors (Lipinski definition) is 3. The van der Waals surface area contributed by atoms with Crippen molar-refractivity contribution in [1.29, 1.82) is 0 Å². The fraction of sp³-hybridized carbons (Fsp3) is 0.500. The lowest BCUT2D eigenvalue weighted by Crippen LogP contribution is -2.63. The van der Waals surface area contributed by atoms with Gasteiger partial charge in [-0.25, -0.2) is 0 Å². The fourth-order valence-corrected chi connectivity index (χ4v) is 6.51. The number of aromatic nitrogens is 1.